The van der Waals surface area contributed by atoms with E-state index in [1.807, 2.05) is 24.3 Å². The van der Waals surface area contributed by atoms with Crippen LogP contribution in [0.1, 0.15) is 18.4 Å². The molecular formula is C24H31ClFN5O3S. The van der Waals surface area contributed by atoms with Gasteiger partial charge in [0.1, 0.15) is 12.4 Å². The first-order valence-electron chi connectivity index (χ1n) is 11.9. The summed E-state index contributed by atoms with van der Waals surface area (Å²) in [7, 11) is -3.33. The highest BCUT2D eigenvalue weighted by atomic mass is 35.5. The third-order valence-electron chi connectivity index (χ3n) is 6.77. The Morgan fingerprint density at radius 1 is 1.00 bits per heavy atom. The number of hydrogen-bond acceptors (Lipinski definition) is 7. The van der Waals surface area contributed by atoms with Crippen LogP contribution >= 0.6 is 11.6 Å². The van der Waals surface area contributed by atoms with Gasteiger partial charge >= 0.3 is 0 Å². The van der Waals surface area contributed by atoms with Gasteiger partial charge in [0.15, 0.2) is 0 Å². The molecular weight excluding hydrogens is 493 g/mol. The van der Waals surface area contributed by atoms with Crippen LogP contribution in [-0.4, -0.2) is 75.2 Å². The Balaban J connectivity index is 1.21. The molecule has 0 unspecified atom stereocenters. The highest BCUT2D eigenvalue weighted by Crippen LogP contribution is 2.26. The summed E-state index contributed by atoms with van der Waals surface area (Å²) < 4.78 is 40.6. The van der Waals surface area contributed by atoms with Gasteiger partial charge in [-0.25, -0.2) is 17.1 Å². The lowest BCUT2D eigenvalue weighted by molar-refractivity contribution is 0.268. The zero-order valence-corrected chi connectivity index (χ0v) is 21.1. The molecule has 0 bridgehead atoms. The van der Waals surface area contributed by atoms with Crippen LogP contribution in [0.3, 0.4) is 0 Å². The molecule has 0 spiro atoms. The number of piperazine rings is 1. The third kappa shape index (κ3) is 6.69. The van der Waals surface area contributed by atoms with Crippen molar-refractivity contribution >= 4 is 38.7 Å². The Kier molecular flexibility index (Phi) is 8.59. The molecule has 0 aliphatic carbocycles. The van der Waals surface area contributed by atoms with Crippen molar-refractivity contribution in [2.24, 2.45) is 5.18 Å². The molecule has 2 fully saturated rings. The van der Waals surface area contributed by atoms with Gasteiger partial charge in [0, 0.05) is 73.8 Å². The van der Waals surface area contributed by atoms with Gasteiger partial charge < -0.3 is 10.2 Å². The van der Waals surface area contributed by atoms with E-state index >= 15 is 0 Å². The van der Waals surface area contributed by atoms with Crippen LogP contribution in [0, 0.1) is 4.91 Å². The van der Waals surface area contributed by atoms with E-state index in [1.165, 1.54) is 6.07 Å². The summed E-state index contributed by atoms with van der Waals surface area (Å²) in [5.74, 6) is 0.117. The maximum Gasteiger partial charge on any atom is 0.215 e. The van der Waals surface area contributed by atoms with Crippen molar-refractivity contribution in [3.05, 3.63) is 58.0 Å². The van der Waals surface area contributed by atoms with Gasteiger partial charge in [-0.3, -0.25) is 4.90 Å². The molecule has 2 aliphatic rings. The van der Waals surface area contributed by atoms with Crippen molar-refractivity contribution in [2.45, 2.75) is 25.6 Å². The smallest absolute Gasteiger partial charge is 0.215 e. The standard InChI is InChI=1S/C24H31ClFN5O3S/c25-20-1-4-23(5-2-20)30-13-11-29(12-14-30)15-16-35(33,34)31-9-7-21(8-10-31)27-22-3-6-24(28-32)19(17-22)18-26/h1-6,17,21,27H,7-16,18H2. The summed E-state index contributed by atoms with van der Waals surface area (Å²) in [4.78, 5) is 15.2. The van der Waals surface area contributed by atoms with Crippen LogP contribution in [-0.2, 0) is 16.7 Å². The summed E-state index contributed by atoms with van der Waals surface area (Å²) in [6, 6.07) is 12.7. The molecule has 0 aromatic heterocycles. The Labute approximate surface area is 211 Å². The molecule has 11 heteroatoms. The first-order valence-corrected chi connectivity index (χ1v) is 13.9. The van der Waals surface area contributed by atoms with Crippen LogP contribution in [0.25, 0.3) is 0 Å². The van der Waals surface area contributed by atoms with Gasteiger partial charge in [0.25, 0.3) is 0 Å². The molecule has 2 heterocycles. The maximum atomic E-state index is 13.1. The lowest BCUT2D eigenvalue weighted by Crippen LogP contribution is -2.49. The second kappa shape index (κ2) is 11.6. The second-order valence-electron chi connectivity index (χ2n) is 9.01. The molecule has 1 N–H and O–H groups in total. The van der Waals surface area contributed by atoms with Gasteiger partial charge in [0.05, 0.1) is 5.75 Å². The Morgan fingerprint density at radius 2 is 1.69 bits per heavy atom. The number of hydrogen-bond donors (Lipinski definition) is 1. The number of alkyl halides is 1. The van der Waals surface area contributed by atoms with Crippen molar-refractivity contribution in [1.82, 2.24) is 9.21 Å². The van der Waals surface area contributed by atoms with Gasteiger partial charge in [-0.2, -0.15) is 0 Å². The Morgan fingerprint density at radius 3 is 2.31 bits per heavy atom. The summed E-state index contributed by atoms with van der Waals surface area (Å²) in [5.41, 5.74) is 2.20. The number of halogens is 2. The number of nitroso groups, excluding NO2 is 1. The zero-order valence-electron chi connectivity index (χ0n) is 19.6. The summed E-state index contributed by atoms with van der Waals surface area (Å²) in [6.45, 7) is 4.02. The second-order valence-corrected chi connectivity index (χ2v) is 11.5. The molecule has 190 valence electrons. The van der Waals surface area contributed by atoms with E-state index in [2.05, 4.69) is 20.3 Å². The van der Waals surface area contributed by atoms with Gasteiger partial charge in [-0.1, -0.05) is 11.6 Å². The minimum Gasteiger partial charge on any atom is -0.382 e. The summed E-state index contributed by atoms with van der Waals surface area (Å²) >= 11 is 5.97. The Bertz CT molecular complexity index is 1100. The van der Waals surface area contributed by atoms with Gasteiger partial charge in [0.2, 0.25) is 10.0 Å². The van der Waals surface area contributed by atoms with Crippen molar-refractivity contribution in [3.63, 3.8) is 0 Å². The Hall–Kier alpha value is -2.27. The quantitative estimate of drug-likeness (QED) is 0.495. The fourth-order valence-electron chi connectivity index (χ4n) is 4.64. The lowest BCUT2D eigenvalue weighted by atomic mass is 10.1. The van der Waals surface area contributed by atoms with Crippen molar-refractivity contribution < 1.29 is 12.8 Å². The molecule has 2 aromatic carbocycles. The largest absolute Gasteiger partial charge is 0.382 e. The zero-order chi connectivity index (χ0) is 24.8. The summed E-state index contributed by atoms with van der Waals surface area (Å²) in [5, 5.41) is 6.88. The predicted octanol–water partition coefficient (Wildman–Crippen LogP) is 4.24. The highest BCUT2D eigenvalue weighted by molar-refractivity contribution is 7.89. The lowest BCUT2D eigenvalue weighted by Gasteiger charge is -2.37. The molecule has 0 saturated carbocycles. The van der Waals surface area contributed by atoms with Crippen LogP contribution in [0.2, 0.25) is 5.02 Å². The molecule has 0 radical (unpaired) electrons. The maximum absolute atomic E-state index is 13.1. The normalized spacial score (nSPS) is 18.5. The van der Waals surface area contributed by atoms with Gasteiger partial charge in [-0.15, -0.1) is 4.91 Å². The summed E-state index contributed by atoms with van der Waals surface area (Å²) in [6.07, 6.45) is 1.33. The van der Waals surface area contributed by atoms with E-state index in [0.29, 0.717) is 43.2 Å². The molecule has 2 aromatic rings. The number of rotatable bonds is 9. The van der Waals surface area contributed by atoms with E-state index < -0.39 is 16.7 Å². The van der Waals surface area contributed by atoms with Gasteiger partial charge in [-0.05, 0) is 60.5 Å². The first kappa shape index (κ1) is 25.8. The molecule has 2 saturated heterocycles. The number of nitrogens with one attached hydrogen (secondary N) is 1. The third-order valence-corrected chi connectivity index (χ3v) is 8.87. The molecule has 0 amide bonds. The average molecular weight is 524 g/mol. The minimum atomic E-state index is -3.33. The minimum absolute atomic E-state index is 0.0879. The van der Waals surface area contributed by atoms with Crippen molar-refractivity contribution in [1.29, 1.82) is 0 Å². The average Bonchev–Trinajstić information content (AvgIpc) is 2.88. The molecule has 4 rings (SSSR count). The molecule has 0 atom stereocenters. The fraction of sp³-hybridized carbons (Fsp3) is 0.500. The topological polar surface area (TPSA) is 85.3 Å². The van der Waals surface area contributed by atoms with Crippen molar-refractivity contribution in [2.75, 3.05) is 61.8 Å². The molecule has 35 heavy (non-hydrogen) atoms. The number of sulfonamides is 1. The van der Waals surface area contributed by atoms with E-state index in [1.54, 1.807) is 16.4 Å². The van der Waals surface area contributed by atoms with E-state index in [9.17, 15) is 17.7 Å². The number of anilines is 2. The first-order chi connectivity index (χ1) is 16.9. The molecule has 2 aliphatic heterocycles. The highest BCUT2D eigenvalue weighted by Gasteiger charge is 2.29. The number of benzene rings is 2. The van der Waals surface area contributed by atoms with Crippen LogP contribution in [0.5, 0.6) is 0 Å². The van der Waals surface area contributed by atoms with Crippen LogP contribution in [0.15, 0.2) is 47.6 Å². The van der Waals surface area contributed by atoms with E-state index in [4.69, 9.17) is 11.6 Å². The fourth-order valence-corrected chi connectivity index (χ4v) is 6.28. The number of piperidine rings is 1. The number of nitrogens with zero attached hydrogens (tertiary/aromatic N) is 4. The monoisotopic (exact) mass is 523 g/mol. The van der Waals surface area contributed by atoms with E-state index in [0.717, 1.165) is 31.9 Å². The van der Waals surface area contributed by atoms with Crippen molar-refractivity contribution in [3.8, 4) is 0 Å². The van der Waals surface area contributed by atoms with Crippen LogP contribution < -0.4 is 10.2 Å². The molecule has 8 nitrogen and oxygen atoms in total. The SMILES string of the molecule is O=Nc1ccc(NC2CCN(S(=O)(=O)CCN3CCN(c4ccc(Cl)cc4)CC3)CC2)cc1CF. The predicted molar refractivity (Wildman–Crippen MR) is 139 cm³/mol. The van der Waals surface area contributed by atoms with Crippen LogP contribution in [0.4, 0.5) is 21.5 Å². The van der Waals surface area contributed by atoms with E-state index in [-0.39, 0.29) is 23.0 Å².